The van der Waals surface area contributed by atoms with Gasteiger partial charge in [0.05, 0.1) is 34.4 Å². The monoisotopic (exact) mass is 857 g/mol. The van der Waals surface area contributed by atoms with Crippen molar-refractivity contribution in [2.24, 2.45) is 0 Å². The van der Waals surface area contributed by atoms with E-state index in [1.807, 2.05) is 21.1 Å². The maximum Gasteiger partial charge on any atom is 0.362 e. The molecule has 2 atom stereocenters. The lowest BCUT2D eigenvalue weighted by atomic mass is 10.0. The molecule has 61 heavy (non-hydrogen) atoms. The van der Waals surface area contributed by atoms with Gasteiger partial charge in [-0.1, -0.05) is 190 Å². The molecule has 0 aliphatic heterocycles. The van der Waals surface area contributed by atoms with Crippen LogP contribution >= 0.6 is 0 Å². The zero-order valence-corrected chi connectivity index (χ0v) is 40.1. The highest BCUT2D eigenvalue weighted by atomic mass is 16.6. The first-order chi connectivity index (χ1) is 29.6. The summed E-state index contributed by atoms with van der Waals surface area (Å²) in [6.45, 7) is 4.61. The predicted molar refractivity (Wildman–Crippen MR) is 257 cm³/mol. The SMILES string of the molecule is CC/C=C/C/C=C/C/C=C/C/C=C/C/C=C/CCCCCCC(=O)OCC(COCCC(C(=O)O)[N+](C)(C)C)OC(=O)CCCCCCCCCCCCCCCCCCC. The molecule has 0 aromatic heterocycles. The number of rotatable bonds is 44. The highest BCUT2D eigenvalue weighted by molar-refractivity contribution is 5.72. The van der Waals surface area contributed by atoms with E-state index in [9.17, 15) is 19.5 Å². The summed E-state index contributed by atoms with van der Waals surface area (Å²) in [5, 5.41) is 9.65. The van der Waals surface area contributed by atoms with E-state index in [-0.39, 0.29) is 36.2 Å². The Morgan fingerprint density at radius 1 is 0.508 bits per heavy atom. The first-order valence-corrected chi connectivity index (χ1v) is 24.8. The minimum atomic E-state index is -0.878. The fourth-order valence-corrected chi connectivity index (χ4v) is 7.12. The smallest absolute Gasteiger partial charge is 0.362 e. The van der Waals surface area contributed by atoms with Crippen LogP contribution in [-0.2, 0) is 28.6 Å². The van der Waals surface area contributed by atoms with Crippen LogP contribution in [-0.4, -0.2) is 80.6 Å². The fourth-order valence-electron chi connectivity index (χ4n) is 7.12. The van der Waals surface area contributed by atoms with Crippen molar-refractivity contribution in [3.63, 3.8) is 0 Å². The minimum Gasteiger partial charge on any atom is -0.477 e. The average Bonchev–Trinajstić information content (AvgIpc) is 3.22. The standard InChI is InChI=1S/C53H93NO7/c1-6-8-10-12-14-16-18-20-22-24-25-26-28-29-31-33-35-37-39-41-43-51(55)60-48-49(47-59-46-45-50(53(57)58)54(3,4)5)61-52(56)44-42-40-38-36-34-32-30-27-23-21-19-17-15-13-11-9-7-2/h8,10,14,16,20,22,25-26,29,31,49-50H,6-7,9,11-13,15,17-19,21,23-24,27-28,30,32-48H2,1-5H3/p+1/b10-8+,16-14+,22-20+,26-25+,31-29+. The first kappa shape index (κ1) is 58.0. The van der Waals surface area contributed by atoms with Gasteiger partial charge < -0.3 is 23.8 Å². The maximum atomic E-state index is 12.8. The van der Waals surface area contributed by atoms with E-state index in [0.29, 0.717) is 19.3 Å². The van der Waals surface area contributed by atoms with Crippen LogP contribution in [0.3, 0.4) is 0 Å². The van der Waals surface area contributed by atoms with Crippen molar-refractivity contribution in [2.75, 3.05) is 41.0 Å². The van der Waals surface area contributed by atoms with E-state index in [0.717, 1.165) is 83.5 Å². The summed E-state index contributed by atoms with van der Waals surface area (Å²) in [5.74, 6) is -1.49. The second-order valence-electron chi connectivity index (χ2n) is 17.7. The van der Waals surface area contributed by atoms with Gasteiger partial charge in [-0.25, -0.2) is 4.79 Å². The zero-order chi connectivity index (χ0) is 44.9. The molecule has 0 saturated heterocycles. The van der Waals surface area contributed by atoms with E-state index in [2.05, 4.69) is 74.6 Å². The van der Waals surface area contributed by atoms with Gasteiger partial charge >= 0.3 is 17.9 Å². The Kier molecular flexibility index (Phi) is 41.5. The van der Waals surface area contributed by atoms with Gasteiger partial charge in [0, 0.05) is 19.3 Å². The Morgan fingerprint density at radius 2 is 0.918 bits per heavy atom. The highest BCUT2D eigenvalue weighted by Crippen LogP contribution is 2.16. The molecule has 0 fully saturated rings. The molecule has 8 nitrogen and oxygen atoms in total. The molecule has 0 aliphatic carbocycles. The highest BCUT2D eigenvalue weighted by Gasteiger charge is 2.31. The Labute approximate surface area is 375 Å². The normalized spacial score (nSPS) is 13.4. The van der Waals surface area contributed by atoms with E-state index in [1.165, 1.54) is 89.9 Å². The Hall–Kier alpha value is -2.97. The molecule has 0 rings (SSSR count). The summed E-state index contributed by atoms with van der Waals surface area (Å²) in [5.41, 5.74) is 0. The minimum absolute atomic E-state index is 0.0529. The summed E-state index contributed by atoms with van der Waals surface area (Å²) in [4.78, 5) is 37.1. The molecule has 0 spiro atoms. The molecule has 0 aromatic rings. The molecule has 0 aromatic carbocycles. The number of hydrogen-bond donors (Lipinski definition) is 1. The summed E-state index contributed by atoms with van der Waals surface area (Å²) in [6, 6.07) is -0.620. The van der Waals surface area contributed by atoms with Gasteiger partial charge in [-0.2, -0.15) is 0 Å². The van der Waals surface area contributed by atoms with Crippen LogP contribution < -0.4 is 0 Å². The van der Waals surface area contributed by atoms with Gasteiger partial charge in [0.15, 0.2) is 12.1 Å². The van der Waals surface area contributed by atoms with Crippen LogP contribution in [0.1, 0.15) is 206 Å². The number of carboxylic acids is 1. The quantitative estimate of drug-likeness (QED) is 0.0282. The van der Waals surface area contributed by atoms with Crippen LogP contribution in [0.15, 0.2) is 60.8 Å². The van der Waals surface area contributed by atoms with Crippen molar-refractivity contribution in [3.05, 3.63) is 60.8 Å². The van der Waals surface area contributed by atoms with Gasteiger partial charge in [0.1, 0.15) is 6.61 Å². The molecule has 0 heterocycles. The number of carboxylic acid groups (broad SMARTS) is 1. The summed E-state index contributed by atoms with van der Waals surface area (Å²) < 4.78 is 17.3. The molecule has 1 N–H and O–H groups in total. The van der Waals surface area contributed by atoms with Gasteiger partial charge in [-0.15, -0.1) is 0 Å². The number of aliphatic carboxylic acids is 1. The van der Waals surface area contributed by atoms with Gasteiger partial charge in [0.25, 0.3) is 0 Å². The van der Waals surface area contributed by atoms with Gasteiger partial charge in [-0.3, -0.25) is 9.59 Å². The number of carbonyl (C=O) groups excluding carboxylic acids is 2. The van der Waals surface area contributed by atoms with Crippen LogP contribution in [0, 0.1) is 0 Å². The van der Waals surface area contributed by atoms with Crippen LogP contribution in [0.5, 0.6) is 0 Å². The molecule has 2 unspecified atom stereocenters. The third-order valence-corrected chi connectivity index (χ3v) is 10.9. The lowest BCUT2D eigenvalue weighted by Crippen LogP contribution is -2.50. The van der Waals surface area contributed by atoms with E-state index in [4.69, 9.17) is 14.2 Å². The van der Waals surface area contributed by atoms with E-state index in [1.54, 1.807) is 0 Å². The third-order valence-electron chi connectivity index (χ3n) is 10.9. The zero-order valence-electron chi connectivity index (χ0n) is 40.1. The summed E-state index contributed by atoms with van der Waals surface area (Å²) >= 11 is 0. The number of nitrogens with zero attached hydrogens (tertiary/aromatic N) is 1. The molecule has 0 radical (unpaired) electrons. The number of carbonyl (C=O) groups is 3. The van der Waals surface area contributed by atoms with E-state index >= 15 is 0 Å². The van der Waals surface area contributed by atoms with Crippen molar-refractivity contribution in [1.82, 2.24) is 0 Å². The predicted octanol–water partition coefficient (Wildman–Crippen LogP) is 14.1. The number of unbranched alkanes of at least 4 members (excludes halogenated alkanes) is 20. The van der Waals surface area contributed by atoms with Crippen LogP contribution in [0.25, 0.3) is 0 Å². The molecule has 8 heteroatoms. The van der Waals surface area contributed by atoms with Gasteiger partial charge in [0.2, 0.25) is 0 Å². The van der Waals surface area contributed by atoms with Crippen LogP contribution in [0.4, 0.5) is 0 Å². The number of quaternary nitrogens is 1. The maximum absolute atomic E-state index is 12.8. The number of esters is 2. The first-order valence-electron chi connectivity index (χ1n) is 24.8. The Bertz CT molecular complexity index is 1180. The number of allylic oxidation sites excluding steroid dienone is 10. The molecule has 0 saturated carbocycles. The lowest BCUT2D eigenvalue weighted by Gasteiger charge is -2.31. The van der Waals surface area contributed by atoms with Crippen LogP contribution in [0.2, 0.25) is 0 Å². The summed E-state index contributed by atoms with van der Waals surface area (Å²) in [6.07, 6.45) is 54.1. The molecule has 0 amide bonds. The van der Waals surface area contributed by atoms with Crippen molar-refractivity contribution >= 4 is 17.9 Å². The number of hydrogen-bond acceptors (Lipinski definition) is 6. The van der Waals surface area contributed by atoms with E-state index < -0.39 is 18.1 Å². The fraction of sp³-hybridized carbons (Fsp3) is 0.755. The molecular weight excluding hydrogens is 763 g/mol. The van der Waals surface area contributed by atoms with Crippen molar-refractivity contribution < 1.29 is 38.2 Å². The van der Waals surface area contributed by atoms with Crippen molar-refractivity contribution in [1.29, 1.82) is 0 Å². The van der Waals surface area contributed by atoms with Gasteiger partial charge in [-0.05, 0) is 57.8 Å². The lowest BCUT2D eigenvalue weighted by molar-refractivity contribution is -0.887. The average molecular weight is 857 g/mol. The second-order valence-corrected chi connectivity index (χ2v) is 17.7. The molecular formula is C53H94NO7+. The topological polar surface area (TPSA) is 99.1 Å². The van der Waals surface area contributed by atoms with Crippen molar-refractivity contribution in [2.45, 2.75) is 219 Å². The largest absolute Gasteiger partial charge is 0.477 e. The third kappa shape index (κ3) is 42.1. The second kappa shape index (κ2) is 43.7. The molecule has 0 bridgehead atoms. The Balaban J connectivity index is 4.32. The molecule has 0 aliphatic rings. The molecule has 352 valence electrons. The summed E-state index contributed by atoms with van der Waals surface area (Å²) in [7, 11) is 5.53. The Morgan fingerprint density at radius 3 is 1.36 bits per heavy atom. The number of likely N-dealkylation sites (N-methyl/N-ethyl adjacent to an activating group) is 1. The number of ether oxygens (including phenoxy) is 3. The van der Waals surface area contributed by atoms with Crippen molar-refractivity contribution in [3.8, 4) is 0 Å².